The molecule has 3 aromatic heterocycles. The van der Waals surface area contributed by atoms with E-state index >= 15 is 0 Å². The van der Waals surface area contributed by atoms with Gasteiger partial charge in [0, 0.05) is 32.8 Å². The first-order valence-electron chi connectivity index (χ1n) is 46.8. The van der Waals surface area contributed by atoms with Gasteiger partial charge in [0.25, 0.3) is 0 Å². The van der Waals surface area contributed by atoms with Crippen molar-refractivity contribution < 1.29 is 8.83 Å². The maximum absolute atomic E-state index is 6.46. The molecule has 2 aliphatic carbocycles. The van der Waals surface area contributed by atoms with Crippen LogP contribution in [0.5, 0.6) is 0 Å². The van der Waals surface area contributed by atoms with Crippen molar-refractivity contribution in [3.05, 3.63) is 467 Å². The number of benzene rings is 25. The molecule has 137 heavy (non-hydrogen) atoms. The van der Waals surface area contributed by atoms with Crippen LogP contribution in [0.25, 0.3) is 296 Å². The number of fused-ring (bicyclic) bond motifs is 27. The zero-order chi connectivity index (χ0) is 89.9. The summed E-state index contributed by atoms with van der Waals surface area (Å²) in [4.78, 5) is 14.7. The number of oxazole rings is 2. The van der Waals surface area contributed by atoms with E-state index in [1.165, 1.54) is 213 Å². The minimum atomic E-state index is 0.645. The number of hydrogen-bond acceptors (Lipinski definition) is 6. The Morgan fingerprint density at radius 1 is 0.153 bits per heavy atom. The summed E-state index contributed by atoms with van der Waals surface area (Å²) >= 11 is 1.79. The van der Waals surface area contributed by atoms with E-state index in [0.29, 0.717) is 11.8 Å². The lowest BCUT2D eigenvalue weighted by Crippen LogP contribution is -1.86. The quantitative estimate of drug-likeness (QED) is 0.135. The molecule has 3 heterocycles. The van der Waals surface area contributed by atoms with E-state index in [1.54, 1.807) is 11.3 Å². The zero-order valence-corrected chi connectivity index (χ0v) is 74.8. The molecule has 0 atom stereocenters. The summed E-state index contributed by atoms with van der Waals surface area (Å²) < 4.78 is 14.2. The van der Waals surface area contributed by atoms with Gasteiger partial charge in [-0.05, 0) is 280 Å². The van der Waals surface area contributed by atoms with Gasteiger partial charge < -0.3 is 8.83 Å². The Hall–Kier alpha value is -17.8. The van der Waals surface area contributed by atoms with Crippen LogP contribution in [0, 0.1) is 0 Å². The van der Waals surface area contributed by atoms with Gasteiger partial charge >= 0.3 is 0 Å². The van der Waals surface area contributed by atoms with Crippen LogP contribution in [0.2, 0.25) is 0 Å². The van der Waals surface area contributed by atoms with Gasteiger partial charge in [0.15, 0.2) is 11.2 Å². The van der Waals surface area contributed by atoms with Crippen molar-refractivity contribution in [1.82, 2.24) is 15.0 Å². The monoisotopic (exact) mass is 1760 g/mol. The molecule has 634 valence electrons. The van der Waals surface area contributed by atoms with Gasteiger partial charge in [-0.25, -0.2) is 15.0 Å². The Morgan fingerprint density at radius 2 is 0.438 bits per heavy atom. The Labute approximate surface area is 792 Å². The van der Waals surface area contributed by atoms with Gasteiger partial charge in [0.1, 0.15) is 16.0 Å². The molecule has 0 N–H and O–H groups in total. The average molecular weight is 1760 g/mol. The molecule has 0 saturated carbocycles. The maximum Gasteiger partial charge on any atom is 0.227 e. The van der Waals surface area contributed by atoms with Crippen LogP contribution in [0.15, 0.2) is 476 Å². The van der Waals surface area contributed by atoms with Gasteiger partial charge in [-0.15, -0.1) is 11.3 Å². The first kappa shape index (κ1) is 77.9. The molecule has 6 heteroatoms. The zero-order valence-electron chi connectivity index (χ0n) is 74.0. The molecule has 0 bridgehead atoms. The van der Waals surface area contributed by atoms with Crippen LogP contribution in [-0.2, 0) is 0 Å². The molecule has 0 aliphatic heterocycles. The van der Waals surface area contributed by atoms with E-state index in [-0.39, 0.29) is 0 Å². The van der Waals surface area contributed by atoms with Crippen LogP contribution in [0.3, 0.4) is 0 Å². The van der Waals surface area contributed by atoms with Crippen molar-refractivity contribution >= 4 is 162 Å². The number of thiazole rings is 1. The van der Waals surface area contributed by atoms with E-state index in [1.807, 2.05) is 60.7 Å². The van der Waals surface area contributed by atoms with Crippen LogP contribution < -0.4 is 0 Å². The standard InChI is InChI=1S/C45H27NO.C43H25NO.C43H25NS/c1-2-8-32(9-3-1)45-46-42-25-23-31-20-18-30-19-21-33(26-40(30)43(31)44(42)47-45)28-14-16-29(17-15-28)34-22-24-39-37-12-5-4-10-35(37)36-11-6-7-13-38(36)41(39)27-34;2*1-2-7-30(8-3-1)43-44-39-24-21-29-19-17-28-18-20-31(25-38(28)40(29)42(39)45-43)26-13-15-27(16-14-26)32-22-23-37-34-10-5-4-9-33(34)36-12-6-11-35(32)41(36)37/h1-27H;2*1-25H. The molecule has 2 aliphatic rings. The maximum atomic E-state index is 6.46. The lowest BCUT2D eigenvalue weighted by molar-refractivity contribution is 0.623. The third-order valence-electron chi connectivity index (χ3n) is 28.6. The van der Waals surface area contributed by atoms with Crippen molar-refractivity contribution in [2.24, 2.45) is 0 Å². The lowest BCUT2D eigenvalue weighted by atomic mass is 9.91. The van der Waals surface area contributed by atoms with E-state index in [2.05, 4.69) is 406 Å². The molecule has 0 saturated heterocycles. The third-order valence-corrected chi connectivity index (χ3v) is 29.7. The van der Waals surface area contributed by atoms with E-state index in [0.717, 1.165) is 71.0 Å². The predicted molar refractivity (Wildman–Crippen MR) is 578 cm³/mol. The molecule has 28 aromatic rings. The highest BCUT2D eigenvalue weighted by molar-refractivity contribution is 7.22. The highest BCUT2D eigenvalue weighted by atomic mass is 32.1. The second kappa shape index (κ2) is 31.4. The van der Waals surface area contributed by atoms with Crippen molar-refractivity contribution in [3.63, 3.8) is 0 Å². The van der Waals surface area contributed by atoms with Crippen LogP contribution in [0.4, 0.5) is 0 Å². The Bertz CT molecular complexity index is 9420. The van der Waals surface area contributed by atoms with E-state index < -0.39 is 0 Å². The lowest BCUT2D eigenvalue weighted by Gasteiger charge is -2.12. The smallest absolute Gasteiger partial charge is 0.227 e. The molecule has 0 unspecified atom stereocenters. The molecular formula is C131H77N3O2S. The van der Waals surface area contributed by atoms with Crippen LogP contribution in [0.1, 0.15) is 0 Å². The Balaban J connectivity index is 0.000000102. The fraction of sp³-hybridized carbons (Fsp3) is 0. The van der Waals surface area contributed by atoms with Gasteiger partial charge in [0.05, 0.1) is 10.2 Å². The highest BCUT2D eigenvalue weighted by Gasteiger charge is 2.27. The summed E-state index contributed by atoms with van der Waals surface area (Å²) in [5, 5.41) is 28.4. The fourth-order valence-electron chi connectivity index (χ4n) is 22.0. The summed E-state index contributed by atoms with van der Waals surface area (Å²) in [5.74, 6) is 1.29. The number of rotatable bonds is 9. The number of hydrogen-bond donors (Lipinski definition) is 0. The van der Waals surface area contributed by atoms with Crippen molar-refractivity contribution in [2.45, 2.75) is 0 Å². The molecule has 5 nitrogen and oxygen atoms in total. The molecule has 0 radical (unpaired) electrons. The topological polar surface area (TPSA) is 65.0 Å². The Kier molecular flexibility index (Phi) is 17.9. The molecule has 0 amide bonds. The molecule has 25 aromatic carbocycles. The fourth-order valence-corrected chi connectivity index (χ4v) is 23.1. The largest absolute Gasteiger partial charge is 0.435 e. The average Bonchev–Trinajstić information content (AvgIpc) is 1.56. The van der Waals surface area contributed by atoms with Gasteiger partial charge in [-0.3, -0.25) is 0 Å². The van der Waals surface area contributed by atoms with Gasteiger partial charge in [0.2, 0.25) is 11.8 Å². The first-order valence-corrected chi connectivity index (χ1v) is 47.6. The summed E-state index contributed by atoms with van der Waals surface area (Å²) in [5.41, 5.74) is 32.8. The molecule has 0 fully saturated rings. The summed E-state index contributed by atoms with van der Waals surface area (Å²) in [6.07, 6.45) is 0. The number of nitrogens with zero attached hydrogens (tertiary/aromatic N) is 3. The van der Waals surface area contributed by atoms with Crippen molar-refractivity contribution in [3.8, 4) is 145 Å². The molecule has 30 rings (SSSR count). The first-order chi connectivity index (χ1) is 67.9. The van der Waals surface area contributed by atoms with Crippen molar-refractivity contribution in [1.29, 1.82) is 0 Å². The molecule has 0 spiro atoms. The minimum Gasteiger partial charge on any atom is -0.435 e. The SMILES string of the molecule is c1ccc(-c2nc3ccc4ccc5ccc(-c6ccc(-c7ccc8c9c(cccc79)-c7ccccc7-8)cc6)cc5c4c3o2)cc1.c1ccc(-c2nc3ccc4ccc5ccc(-c6ccc(-c7ccc8c9c(cccc79)-c7ccccc7-8)cc6)cc5c4c3s2)cc1.c1ccc(-c2nc3ccc4ccc5ccc(-c6ccc(-c7ccc8c9ccccc9c9ccccc9c8c7)cc6)cc5c4c3o2)cc1. The highest BCUT2D eigenvalue weighted by Crippen LogP contribution is 2.53. The normalized spacial score (nSPS) is 11.9. The van der Waals surface area contributed by atoms with Gasteiger partial charge in [-0.1, -0.05) is 400 Å². The minimum absolute atomic E-state index is 0.645. The second-order valence-corrected chi connectivity index (χ2v) is 37.1. The Morgan fingerprint density at radius 3 is 0.861 bits per heavy atom. The molecular weight excluding hydrogens is 1680 g/mol. The summed E-state index contributed by atoms with van der Waals surface area (Å²) in [7, 11) is 0. The van der Waals surface area contributed by atoms with E-state index in [9.17, 15) is 0 Å². The predicted octanol–water partition coefficient (Wildman–Crippen LogP) is 36.9. The second-order valence-electron chi connectivity index (χ2n) is 36.1. The van der Waals surface area contributed by atoms with Crippen molar-refractivity contribution in [2.75, 3.05) is 0 Å². The summed E-state index contributed by atoms with van der Waals surface area (Å²) in [6, 6.07) is 169. The summed E-state index contributed by atoms with van der Waals surface area (Å²) in [6.45, 7) is 0. The van der Waals surface area contributed by atoms with Gasteiger partial charge in [-0.2, -0.15) is 0 Å². The number of aromatic nitrogens is 3. The third kappa shape index (κ3) is 12.9. The van der Waals surface area contributed by atoms with Crippen LogP contribution in [-0.4, -0.2) is 15.0 Å². The van der Waals surface area contributed by atoms with E-state index in [4.69, 9.17) is 23.8 Å². The van der Waals surface area contributed by atoms with Crippen LogP contribution >= 0.6 is 11.3 Å².